The van der Waals surface area contributed by atoms with E-state index in [1.54, 1.807) is 6.07 Å². The van der Waals surface area contributed by atoms with E-state index in [9.17, 15) is 4.39 Å². The first kappa shape index (κ1) is 22.3. The van der Waals surface area contributed by atoms with Crippen LogP contribution < -0.4 is 4.74 Å². The molecule has 0 N–H and O–H groups in total. The molecule has 1 heterocycles. The lowest BCUT2D eigenvalue weighted by Gasteiger charge is -2.30. The zero-order valence-corrected chi connectivity index (χ0v) is 18.7. The highest BCUT2D eigenvalue weighted by atomic mass is 19.1. The molecule has 4 rings (SSSR count). The molecular formula is C29H31FO2. The molecule has 3 aromatic rings. The van der Waals surface area contributed by atoms with Gasteiger partial charge in [-0.1, -0.05) is 60.7 Å². The van der Waals surface area contributed by atoms with Crippen molar-refractivity contribution in [3.05, 3.63) is 102 Å². The van der Waals surface area contributed by atoms with Crippen molar-refractivity contribution in [2.45, 2.75) is 44.6 Å². The summed E-state index contributed by atoms with van der Waals surface area (Å²) in [5.74, 6) is 0.416. The SMILES string of the molecule is C=CCCc1ccc(C2CCC(c3ccc(-c4ccc(OCC)c(F)c4)cc3)OC2)cc1. The van der Waals surface area contributed by atoms with Crippen LogP contribution >= 0.6 is 0 Å². The molecule has 0 amide bonds. The smallest absolute Gasteiger partial charge is 0.165 e. The number of allylic oxidation sites excluding steroid dienone is 1. The molecule has 1 fully saturated rings. The number of aryl methyl sites for hydroxylation is 1. The van der Waals surface area contributed by atoms with Gasteiger partial charge in [-0.2, -0.15) is 0 Å². The third-order valence-electron chi connectivity index (χ3n) is 6.21. The monoisotopic (exact) mass is 430 g/mol. The molecule has 1 saturated heterocycles. The van der Waals surface area contributed by atoms with Gasteiger partial charge in [0.15, 0.2) is 11.6 Å². The molecule has 1 aliphatic heterocycles. The minimum absolute atomic E-state index is 0.115. The fourth-order valence-corrected chi connectivity index (χ4v) is 4.35. The van der Waals surface area contributed by atoms with E-state index in [1.165, 1.54) is 22.8 Å². The lowest BCUT2D eigenvalue weighted by atomic mass is 9.88. The van der Waals surface area contributed by atoms with Crippen LogP contribution in [-0.4, -0.2) is 13.2 Å². The maximum absolute atomic E-state index is 14.2. The van der Waals surface area contributed by atoms with Crippen LogP contribution in [0, 0.1) is 5.82 Å². The van der Waals surface area contributed by atoms with Crippen LogP contribution in [0.1, 0.15) is 54.9 Å². The van der Waals surface area contributed by atoms with E-state index in [0.717, 1.165) is 43.4 Å². The predicted molar refractivity (Wildman–Crippen MR) is 129 cm³/mol. The van der Waals surface area contributed by atoms with Gasteiger partial charge in [0.1, 0.15) is 0 Å². The van der Waals surface area contributed by atoms with E-state index in [4.69, 9.17) is 9.47 Å². The second-order valence-corrected chi connectivity index (χ2v) is 8.37. The second kappa shape index (κ2) is 10.6. The molecule has 1 aliphatic rings. The summed E-state index contributed by atoms with van der Waals surface area (Å²) in [6.45, 7) is 6.84. The highest BCUT2D eigenvalue weighted by molar-refractivity contribution is 5.64. The lowest BCUT2D eigenvalue weighted by molar-refractivity contribution is 0.00238. The van der Waals surface area contributed by atoms with Crippen molar-refractivity contribution in [1.82, 2.24) is 0 Å². The Morgan fingerprint density at radius 1 is 0.969 bits per heavy atom. The van der Waals surface area contributed by atoms with Gasteiger partial charge >= 0.3 is 0 Å². The van der Waals surface area contributed by atoms with Gasteiger partial charge in [0.2, 0.25) is 0 Å². The van der Waals surface area contributed by atoms with Crippen molar-refractivity contribution in [1.29, 1.82) is 0 Å². The van der Waals surface area contributed by atoms with E-state index >= 15 is 0 Å². The van der Waals surface area contributed by atoms with Crippen molar-refractivity contribution >= 4 is 0 Å². The van der Waals surface area contributed by atoms with Crippen molar-refractivity contribution in [3.8, 4) is 16.9 Å². The zero-order chi connectivity index (χ0) is 22.3. The molecule has 0 radical (unpaired) electrons. The average Bonchev–Trinajstić information content (AvgIpc) is 2.85. The van der Waals surface area contributed by atoms with Gasteiger partial charge in [0.05, 0.1) is 19.3 Å². The molecule has 0 saturated carbocycles. The topological polar surface area (TPSA) is 18.5 Å². The Morgan fingerprint density at radius 2 is 1.69 bits per heavy atom. The van der Waals surface area contributed by atoms with Gasteiger partial charge in [-0.3, -0.25) is 0 Å². The Morgan fingerprint density at radius 3 is 2.31 bits per heavy atom. The van der Waals surface area contributed by atoms with Gasteiger partial charge in [-0.15, -0.1) is 6.58 Å². The summed E-state index contributed by atoms with van der Waals surface area (Å²) in [6.07, 6.45) is 6.25. The number of hydrogen-bond donors (Lipinski definition) is 0. The number of halogens is 1. The van der Waals surface area contributed by atoms with Crippen LogP contribution in [0.2, 0.25) is 0 Å². The molecule has 32 heavy (non-hydrogen) atoms. The van der Waals surface area contributed by atoms with E-state index in [-0.39, 0.29) is 11.9 Å². The quantitative estimate of drug-likeness (QED) is 0.342. The Kier molecular flexibility index (Phi) is 7.39. The Hall–Kier alpha value is -2.91. The van der Waals surface area contributed by atoms with Crippen molar-refractivity contribution in [2.24, 2.45) is 0 Å². The molecule has 0 aliphatic carbocycles. The van der Waals surface area contributed by atoms with Crippen LogP contribution in [-0.2, 0) is 11.2 Å². The first-order valence-electron chi connectivity index (χ1n) is 11.5. The third kappa shape index (κ3) is 5.28. The van der Waals surface area contributed by atoms with Crippen molar-refractivity contribution < 1.29 is 13.9 Å². The van der Waals surface area contributed by atoms with E-state index in [1.807, 2.05) is 31.2 Å². The number of ether oxygens (including phenoxy) is 2. The maximum atomic E-state index is 14.2. The van der Waals surface area contributed by atoms with Crippen LogP contribution in [0.25, 0.3) is 11.1 Å². The summed E-state index contributed by atoms with van der Waals surface area (Å²) in [5.41, 5.74) is 5.73. The second-order valence-electron chi connectivity index (χ2n) is 8.37. The highest BCUT2D eigenvalue weighted by Crippen LogP contribution is 2.36. The number of hydrogen-bond acceptors (Lipinski definition) is 2. The van der Waals surface area contributed by atoms with E-state index < -0.39 is 0 Å². The summed E-state index contributed by atoms with van der Waals surface area (Å²) >= 11 is 0. The standard InChI is InChI=1S/C29H31FO2/c1-3-5-6-21-7-9-23(10-8-21)26-16-17-28(32-20-26)24-13-11-22(12-14-24)25-15-18-29(31-4-2)27(30)19-25/h3,7-15,18-19,26,28H,1,4-6,16-17,20H2,2H3. The largest absolute Gasteiger partial charge is 0.491 e. The Labute approximate surface area is 190 Å². The summed E-state index contributed by atoms with van der Waals surface area (Å²) in [5, 5.41) is 0. The molecule has 2 nitrogen and oxygen atoms in total. The predicted octanol–water partition coefficient (Wildman–Crippen LogP) is 7.65. The van der Waals surface area contributed by atoms with E-state index in [0.29, 0.717) is 18.3 Å². The minimum atomic E-state index is -0.330. The van der Waals surface area contributed by atoms with E-state index in [2.05, 4.69) is 43.0 Å². The molecule has 2 atom stereocenters. The number of rotatable bonds is 8. The lowest BCUT2D eigenvalue weighted by Crippen LogP contribution is -2.19. The van der Waals surface area contributed by atoms with Crippen molar-refractivity contribution in [3.63, 3.8) is 0 Å². The zero-order valence-electron chi connectivity index (χ0n) is 18.7. The molecule has 0 bridgehead atoms. The van der Waals surface area contributed by atoms with Gasteiger partial charge in [0.25, 0.3) is 0 Å². The molecule has 3 heteroatoms. The third-order valence-corrected chi connectivity index (χ3v) is 6.21. The Balaban J connectivity index is 1.36. The van der Waals surface area contributed by atoms with Crippen LogP contribution in [0.15, 0.2) is 79.4 Å². The van der Waals surface area contributed by atoms with Gasteiger partial charge in [-0.25, -0.2) is 4.39 Å². The van der Waals surface area contributed by atoms with Gasteiger partial charge in [-0.05, 0) is 72.6 Å². The minimum Gasteiger partial charge on any atom is -0.491 e. The molecule has 3 aromatic carbocycles. The molecule has 2 unspecified atom stereocenters. The fraction of sp³-hybridized carbons (Fsp3) is 0.310. The molecule has 0 spiro atoms. The van der Waals surface area contributed by atoms with Gasteiger partial charge < -0.3 is 9.47 Å². The normalized spacial score (nSPS) is 18.3. The van der Waals surface area contributed by atoms with Crippen LogP contribution in [0.3, 0.4) is 0 Å². The molecule has 0 aromatic heterocycles. The van der Waals surface area contributed by atoms with Crippen molar-refractivity contribution in [2.75, 3.05) is 13.2 Å². The first-order valence-corrected chi connectivity index (χ1v) is 11.5. The van der Waals surface area contributed by atoms with Crippen LogP contribution in [0.4, 0.5) is 4.39 Å². The average molecular weight is 431 g/mol. The maximum Gasteiger partial charge on any atom is 0.165 e. The fourth-order valence-electron chi connectivity index (χ4n) is 4.35. The summed E-state index contributed by atoms with van der Waals surface area (Å²) in [4.78, 5) is 0. The van der Waals surface area contributed by atoms with Crippen LogP contribution in [0.5, 0.6) is 5.75 Å². The summed E-state index contributed by atoms with van der Waals surface area (Å²) in [6, 6.07) is 22.4. The molecular weight excluding hydrogens is 399 g/mol. The van der Waals surface area contributed by atoms with Gasteiger partial charge in [0, 0.05) is 5.92 Å². The first-order chi connectivity index (χ1) is 15.7. The molecule has 166 valence electrons. The summed E-state index contributed by atoms with van der Waals surface area (Å²) in [7, 11) is 0. The highest BCUT2D eigenvalue weighted by Gasteiger charge is 2.24. The number of benzene rings is 3. The summed E-state index contributed by atoms with van der Waals surface area (Å²) < 4.78 is 25.7. The Bertz CT molecular complexity index is 1020.